The lowest BCUT2D eigenvalue weighted by Gasteiger charge is -2.26. The van der Waals surface area contributed by atoms with E-state index in [1.54, 1.807) is 7.05 Å². The number of nitrogens with one attached hydrogen (secondary N) is 2. The number of carbonyl (C=O) groups is 4. The number of primary amides is 1. The molecule has 0 bridgehead atoms. The molecule has 0 aliphatic heterocycles. The molecule has 0 aromatic heterocycles. The Morgan fingerprint density at radius 3 is 2.00 bits per heavy atom. The Balaban J connectivity index is 2.08. The summed E-state index contributed by atoms with van der Waals surface area (Å²) in [6.07, 6.45) is -1.45. The molecule has 4 amide bonds. The first-order chi connectivity index (χ1) is 16.6. The Bertz CT molecular complexity index is 1000. The molecule has 2 rings (SSSR count). The van der Waals surface area contributed by atoms with Gasteiger partial charge in [-0.15, -0.1) is 0 Å². The van der Waals surface area contributed by atoms with Crippen LogP contribution in [0.4, 0.5) is 0 Å². The molecule has 0 aliphatic rings. The van der Waals surface area contributed by atoms with E-state index in [2.05, 4.69) is 10.6 Å². The second-order valence-electron chi connectivity index (χ2n) is 8.43. The summed E-state index contributed by atoms with van der Waals surface area (Å²) in [5, 5.41) is 14.5. The maximum absolute atomic E-state index is 13.2. The van der Waals surface area contributed by atoms with Crippen LogP contribution in [0.1, 0.15) is 24.5 Å². The van der Waals surface area contributed by atoms with E-state index in [0.29, 0.717) is 6.54 Å². The van der Waals surface area contributed by atoms with Crippen molar-refractivity contribution >= 4 is 23.6 Å². The molecule has 188 valence electrons. The van der Waals surface area contributed by atoms with Gasteiger partial charge in [0.25, 0.3) is 0 Å². The van der Waals surface area contributed by atoms with E-state index in [-0.39, 0.29) is 12.3 Å². The number of aliphatic hydroxyl groups is 1. The molecule has 7 N–H and O–H groups in total. The number of aliphatic hydroxyl groups excluding tert-OH is 1. The average Bonchev–Trinajstić information content (AvgIpc) is 2.82. The van der Waals surface area contributed by atoms with Crippen molar-refractivity contribution in [1.29, 1.82) is 0 Å². The van der Waals surface area contributed by atoms with Gasteiger partial charge in [0.1, 0.15) is 12.1 Å². The van der Waals surface area contributed by atoms with Gasteiger partial charge in [0.15, 0.2) is 0 Å². The van der Waals surface area contributed by atoms with Crippen LogP contribution in [0.25, 0.3) is 0 Å². The number of nitrogens with zero attached hydrogens (tertiary/aromatic N) is 1. The van der Waals surface area contributed by atoms with Crippen molar-refractivity contribution in [3.05, 3.63) is 71.8 Å². The number of nitrogens with two attached hydrogens (primary N) is 2. The fourth-order valence-corrected chi connectivity index (χ4v) is 3.48. The molecule has 0 spiro atoms. The van der Waals surface area contributed by atoms with E-state index in [9.17, 15) is 24.3 Å². The van der Waals surface area contributed by atoms with E-state index in [0.717, 1.165) is 11.1 Å². The predicted octanol–water partition coefficient (Wildman–Crippen LogP) is -0.559. The van der Waals surface area contributed by atoms with Crippen LogP contribution in [0.3, 0.4) is 0 Å². The van der Waals surface area contributed by atoms with Crippen LogP contribution in [-0.2, 0) is 32.1 Å². The Morgan fingerprint density at radius 2 is 1.49 bits per heavy atom. The second-order valence-corrected chi connectivity index (χ2v) is 8.43. The van der Waals surface area contributed by atoms with Gasteiger partial charge in [0.2, 0.25) is 23.6 Å². The van der Waals surface area contributed by atoms with Gasteiger partial charge in [0.05, 0.1) is 18.6 Å². The molecule has 0 saturated carbocycles. The van der Waals surface area contributed by atoms with Crippen LogP contribution in [-0.4, -0.2) is 64.9 Å². The molecule has 0 radical (unpaired) electrons. The first kappa shape index (κ1) is 27.5. The molecule has 0 saturated heterocycles. The molecule has 10 nitrogen and oxygen atoms in total. The Hall–Kier alpha value is -3.76. The van der Waals surface area contributed by atoms with Gasteiger partial charge in [0, 0.05) is 20.0 Å². The summed E-state index contributed by atoms with van der Waals surface area (Å²) in [5.41, 5.74) is 12.9. The van der Waals surface area contributed by atoms with Gasteiger partial charge in [-0.2, -0.15) is 0 Å². The molecule has 0 heterocycles. The lowest BCUT2D eigenvalue weighted by molar-refractivity contribution is -0.136. The highest BCUT2D eigenvalue weighted by Crippen LogP contribution is 2.09. The molecule has 2 aromatic rings. The fourth-order valence-electron chi connectivity index (χ4n) is 3.48. The van der Waals surface area contributed by atoms with Crippen molar-refractivity contribution in [3.8, 4) is 0 Å². The standard InChI is InChI=1S/C25H33N5O5/c1-16(31)22(23(27)33)29-21(32)14-19(26)24(34)28-20(13-17-9-5-3-6-10-17)25(35)30(2)15-18-11-7-4-8-12-18/h3-12,16,19-20,22,31H,13-15,26H2,1-2H3,(H2,27,33)(H,28,34)(H,29,32). The summed E-state index contributed by atoms with van der Waals surface area (Å²) in [7, 11) is 1.65. The lowest BCUT2D eigenvalue weighted by atomic mass is 10.0. The quantitative estimate of drug-likeness (QED) is 0.271. The van der Waals surface area contributed by atoms with E-state index < -0.39 is 48.4 Å². The minimum absolute atomic E-state index is 0.231. The van der Waals surface area contributed by atoms with Gasteiger partial charge >= 0.3 is 0 Å². The molecule has 2 aromatic carbocycles. The summed E-state index contributed by atoms with van der Waals surface area (Å²) in [4.78, 5) is 51.2. The summed E-state index contributed by atoms with van der Waals surface area (Å²) >= 11 is 0. The highest BCUT2D eigenvalue weighted by Gasteiger charge is 2.29. The van der Waals surface area contributed by atoms with Crippen LogP contribution < -0.4 is 22.1 Å². The third-order valence-electron chi connectivity index (χ3n) is 5.38. The van der Waals surface area contributed by atoms with Gasteiger partial charge in [-0.3, -0.25) is 19.2 Å². The van der Waals surface area contributed by atoms with Crippen molar-refractivity contribution in [2.45, 2.75) is 50.5 Å². The number of hydrogen-bond acceptors (Lipinski definition) is 6. The SMILES string of the molecule is CC(O)C(NC(=O)CC(N)C(=O)NC(Cc1ccccc1)C(=O)N(C)Cc1ccccc1)C(N)=O. The normalized spacial score (nSPS) is 14.2. The van der Waals surface area contributed by atoms with Crippen LogP contribution in [0.15, 0.2) is 60.7 Å². The van der Waals surface area contributed by atoms with Crippen molar-refractivity contribution in [3.63, 3.8) is 0 Å². The van der Waals surface area contributed by atoms with Crippen LogP contribution in [0, 0.1) is 0 Å². The van der Waals surface area contributed by atoms with Gasteiger partial charge in [-0.25, -0.2) is 0 Å². The number of rotatable bonds is 12. The minimum atomic E-state index is -1.31. The van der Waals surface area contributed by atoms with E-state index in [4.69, 9.17) is 11.5 Å². The largest absolute Gasteiger partial charge is 0.391 e. The fraction of sp³-hybridized carbons (Fsp3) is 0.360. The molecule has 0 aliphatic carbocycles. The maximum atomic E-state index is 13.2. The van der Waals surface area contributed by atoms with E-state index in [1.165, 1.54) is 11.8 Å². The summed E-state index contributed by atoms with van der Waals surface area (Å²) in [6, 6.07) is 15.1. The third-order valence-corrected chi connectivity index (χ3v) is 5.38. The Labute approximate surface area is 204 Å². The first-order valence-electron chi connectivity index (χ1n) is 11.2. The van der Waals surface area contributed by atoms with E-state index in [1.807, 2.05) is 60.7 Å². The number of likely N-dealkylation sites (N-methyl/N-ethyl adjacent to an activating group) is 1. The Morgan fingerprint density at radius 1 is 0.943 bits per heavy atom. The summed E-state index contributed by atoms with van der Waals surface area (Å²) < 4.78 is 0. The van der Waals surface area contributed by atoms with Crippen LogP contribution in [0.5, 0.6) is 0 Å². The maximum Gasteiger partial charge on any atom is 0.245 e. The summed E-state index contributed by atoms with van der Waals surface area (Å²) in [5.74, 6) is -2.66. The predicted molar refractivity (Wildman–Crippen MR) is 130 cm³/mol. The monoisotopic (exact) mass is 483 g/mol. The topological polar surface area (TPSA) is 168 Å². The van der Waals surface area contributed by atoms with Gasteiger partial charge in [-0.1, -0.05) is 60.7 Å². The van der Waals surface area contributed by atoms with Gasteiger partial charge < -0.3 is 32.1 Å². The van der Waals surface area contributed by atoms with Gasteiger partial charge in [-0.05, 0) is 18.1 Å². The Kier molecular flexibility index (Phi) is 10.4. The molecule has 4 unspecified atom stereocenters. The minimum Gasteiger partial charge on any atom is -0.391 e. The number of carbonyl (C=O) groups excluding carboxylic acids is 4. The van der Waals surface area contributed by atoms with Crippen molar-refractivity contribution in [1.82, 2.24) is 15.5 Å². The highest BCUT2D eigenvalue weighted by molar-refractivity contribution is 5.93. The van der Waals surface area contributed by atoms with Crippen molar-refractivity contribution < 1.29 is 24.3 Å². The first-order valence-corrected chi connectivity index (χ1v) is 11.2. The number of amides is 4. The molecular weight excluding hydrogens is 450 g/mol. The van der Waals surface area contributed by atoms with Crippen LogP contribution >= 0.6 is 0 Å². The molecule has 35 heavy (non-hydrogen) atoms. The average molecular weight is 484 g/mol. The number of benzene rings is 2. The van der Waals surface area contributed by atoms with Crippen LogP contribution in [0.2, 0.25) is 0 Å². The third kappa shape index (κ3) is 8.84. The zero-order valence-electron chi connectivity index (χ0n) is 19.9. The highest BCUT2D eigenvalue weighted by atomic mass is 16.3. The number of hydrogen-bond donors (Lipinski definition) is 5. The molecule has 10 heteroatoms. The lowest BCUT2D eigenvalue weighted by Crippen LogP contribution is -2.55. The van der Waals surface area contributed by atoms with Crippen molar-refractivity contribution in [2.75, 3.05) is 7.05 Å². The van der Waals surface area contributed by atoms with Crippen molar-refractivity contribution in [2.24, 2.45) is 11.5 Å². The molecule has 4 atom stereocenters. The van der Waals surface area contributed by atoms with E-state index >= 15 is 0 Å². The summed E-state index contributed by atoms with van der Waals surface area (Å²) in [6.45, 7) is 1.65. The molecule has 0 fully saturated rings. The second kappa shape index (κ2) is 13.2. The zero-order chi connectivity index (χ0) is 26.0. The zero-order valence-corrected chi connectivity index (χ0v) is 19.9. The molecular formula is C25H33N5O5. The smallest absolute Gasteiger partial charge is 0.245 e.